The van der Waals surface area contributed by atoms with Crippen LogP contribution < -0.4 is 4.74 Å². The molecule has 19 heavy (non-hydrogen) atoms. The van der Waals surface area contributed by atoms with Crippen LogP contribution in [0.2, 0.25) is 0 Å². The minimum Gasteiger partial charge on any atom is -0.457 e. The number of ether oxygens (including phenoxy) is 1. The van der Waals surface area contributed by atoms with Crippen molar-refractivity contribution in [1.29, 1.82) is 5.26 Å². The van der Waals surface area contributed by atoms with E-state index in [1.165, 1.54) is 36.4 Å². The van der Waals surface area contributed by atoms with Gasteiger partial charge in [0.25, 0.3) is 0 Å². The van der Waals surface area contributed by atoms with Gasteiger partial charge in [0.15, 0.2) is 0 Å². The zero-order chi connectivity index (χ0) is 13.9. The van der Waals surface area contributed by atoms with Gasteiger partial charge in [0.2, 0.25) is 0 Å². The third-order valence-electron chi connectivity index (χ3n) is 2.38. The summed E-state index contributed by atoms with van der Waals surface area (Å²) in [5.41, 5.74) is -0.310. The normalized spacial score (nSPS) is 10.8. The molecule has 5 heteroatoms. The van der Waals surface area contributed by atoms with E-state index in [0.29, 0.717) is 11.3 Å². The lowest BCUT2D eigenvalue weighted by molar-refractivity contribution is -0.137. The second-order valence-corrected chi connectivity index (χ2v) is 3.76. The average Bonchev–Trinajstić information content (AvgIpc) is 2.39. The van der Waals surface area contributed by atoms with Crippen molar-refractivity contribution in [3.05, 3.63) is 59.7 Å². The molecule has 0 N–H and O–H groups in total. The van der Waals surface area contributed by atoms with E-state index in [1.54, 1.807) is 0 Å². The zero-order valence-corrected chi connectivity index (χ0v) is 9.61. The van der Waals surface area contributed by atoms with Crippen LogP contribution in [-0.2, 0) is 6.18 Å². The number of hydrogen-bond donors (Lipinski definition) is 0. The van der Waals surface area contributed by atoms with Crippen LogP contribution in [0.3, 0.4) is 0 Å². The fraction of sp³-hybridized carbons (Fsp3) is 0.0714. The van der Waals surface area contributed by atoms with E-state index in [2.05, 4.69) is 0 Å². The highest BCUT2D eigenvalue weighted by Crippen LogP contribution is 2.32. The molecule has 0 aliphatic rings. The van der Waals surface area contributed by atoms with Crippen LogP contribution >= 0.6 is 0 Å². The van der Waals surface area contributed by atoms with Gasteiger partial charge in [0.1, 0.15) is 11.5 Å². The van der Waals surface area contributed by atoms with Crippen molar-refractivity contribution >= 4 is 0 Å². The van der Waals surface area contributed by atoms with Crippen LogP contribution in [0.4, 0.5) is 13.2 Å². The Labute approximate surface area is 107 Å². The van der Waals surface area contributed by atoms with Crippen LogP contribution in [0.25, 0.3) is 0 Å². The minimum atomic E-state index is -4.40. The average molecular weight is 263 g/mol. The van der Waals surface area contributed by atoms with Crippen molar-refractivity contribution in [3.63, 3.8) is 0 Å². The molecule has 0 radical (unpaired) electrons. The van der Waals surface area contributed by atoms with Gasteiger partial charge in [-0.05, 0) is 42.5 Å². The van der Waals surface area contributed by atoms with Crippen molar-refractivity contribution in [2.45, 2.75) is 6.18 Å². The van der Waals surface area contributed by atoms with Gasteiger partial charge in [-0.15, -0.1) is 0 Å². The summed E-state index contributed by atoms with van der Waals surface area (Å²) in [5.74, 6) is 0.470. The quantitative estimate of drug-likeness (QED) is 0.806. The van der Waals surface area contributed by atoms with Gasteiger partial charge in [0, 0.05) is 0 Å². The van der Waals surface area contributed by atoms with Crippen molar-refractivity contribution in [2.24, 2.45) is 0 Å². The second kappa shape index (κ2) is 5.02. The Morgan fingerprint density at radius 3 is 2.21 bits per heavy atom. The predicted molar refractivity (Wildman–Crippen MR) is 62.7 cm³/mol. The maximum atomic E-state index is 12.5. The van der Waals surface area contributed by atoms with Crippen molar-refractivity contribution in [2.75, 3.05) is 0 Å². The Kier molecular flexibility index (Phi) is 3.43. The molecule has 0 heterocycles. The summed E-state index contributed by atoms with van der Waals surface area (Å²) in [6.07, 6.45) is -4.40. The molecule has 2 aromatic rings. The SMILES string of the molecule is N#Cc1ccc(Oc2cccc(C(F)(F)F)c2)cc1. The molecule has 0 fully saturated rings. The number of benzene rings is 2. The number of nitrogens with zero attached hydrogens (tertiary/aromatic N) is 1. The van der Waals surface area contributed by atoms with Crippen LogP contribution in [0.15, 0.2) is 48.5 Å². The van der Waals surface area contributed by atoms with Gasteiger partial charge in [-0.1, -0.05) is 6.07 Å². The van der Waals surface area contributed by atoms with Gasteiger partial charge in [-0.25, -0.2) is 0 Å². The largest absolute Gasteiger partial charge is 0.457 e. The Morgan fingerprint density at radius 1 is 0.947 bits per heavy atom. The first-order valence-corrected chi connectivity index (χ1v) is 5.34. The Balaban J connectivity index is 2.21. The van der Waals surface area contributed by atoms with E-state index >= 15 is 0 Å². The molecule has 0 aliphatic heterocycles. The molecule has 0 unspecified atom stereocenters. The van der Waals surface area contributed by atoms with Gasteiger partial charge in [-0.2, -0.15) is 18.4 Å². The molecule has 0 bridgehead atoms. The summed E-state index contributed by atoms with van der Waals surface area (Å²) in [4.78, 5) is 0. The molecule has 0 atom stereocenters. The first-order valence-electron chi connectivity index (χ1n) is 5.34. The number of halogens is 3. The van der Waals surface area contributed by atoms with Gasteiger partial charge >= 0.3 is 6.18 Å². The molecule has 0 saturated carbocycles. The molecule has 96 valence electrons. The first-order chi connectivity index (χ1) is 8.99. The summed E-state index contributed by atoms with van der Waals surface area (Å²) < 4.78 is 42.8. The summed E-state index contributed by atoms with van der Waals surface area (Å²) in [7, 11) is 0. The van der Waals surface area contributed by atoms with Gasteiger partial charge in [-0.3, -0.25) is 0 Å². The smallest absolute Gasteiger partial charge is 0.416 e. The van der Waals surface area contributed by atoms with Crippen molar-refractivity contribution in [3.8, 4) is 17.6 Å². The van der Waals surface area contributed by atoms with E-state index < -0.39 is 11.7 Å². The molecular formula is C14H8F3NO. The molecular weight excluding hydrogens is 255 g/mol. The Morgan fingerprint density at radius 2 is 1.63 bits per heavy atom. The van der Waals surface area contributed by atoms with Crippen molar-refractivity contribution < 1.29 is 17.9 Å². The lowest BCUT2D eigenvalue weighted by atomic mass is 10.2. The van der Waals surface area contributed by atoms with E-state index in [1.807, 2.05) is 6.07 Å². The lowest BCUT2D eigenvalue weighted by Gasteiger charge is -2.09. The van der Waals surface area contributed by atoms with Gasteiger partial charge in [0.05, 0.1) is 17.2 Å². The summed E-state index contributed by atoms with van der Waals surface area (Å²) >= 11 is 0. The maximum Gasteiger partial charge on any atom is 0.416 e. The lowest BCUT2D eigenvalue weighted by Crippen LogP contribution is -2.04. The number of hydrogen-bond acceptors (Lipinski definition) is 2. The van der Waals surface area contributed by atoms with Crippen molar-refractivity contribution in [1.82, 2.24) is 0 Å². The summed E-state index contributed by atoms with van der Waals surface area (Å²) in [6, 6.07) is 12.7. The molecule has 0 saturated heterocycles. The fourth-order valence-electron chi connectivity index (χ4n) is 1.47. The van der Waals surface area contributed by atoms with Crippen LogP contribution in [0.5, 0.6) is 11.5 Å². The van der Waals surface area contributed by atoms with Crippen LogP contribution in [0.1, 0.15) is 11.1 Å². The standard InChI is InChI=1S/C14H8F3NO/c15-14(16,17)11-2-1-3-13(8-11)19-12-6-4-10(9-18)5-7-12/h1-8H. The Hall–Kier alpha value is -2.48. The monoisotopic (exact) mass is 263 g/mol. The molecule has 0 aromatic heterocycles. The summed E-state index contributed by atoms with van der Waals surface area (Å²) in [5, 5.41) is 8.63. The minimum absolute atomic E-state index is 0.0968. The first kappa shape index (κ1) is 13.0. The number of alkyl halides is 3. The highest BCUT2D eigenvalue weighted by atomic mass is 19.4. The third kappa shape index (κ3) is 3.26. The van der Waals surface area contributed by atoms with Gasteiger partial charge < -0.3 is 4.74 Å². The van der Waals surface area contributed by atoms with Crippen LogP contribution in [-0.4, -0.2) is 0 Å². The topological polar surface area (TPSA) is 33.0 Å². The molecule has 2 nitrogen and oxygen atoms in total. The Bertz CT molecular complexity index is 612. The fourth-order valence-corrected chi connectivity index (χ4v) is 1.47. The van der Waals surface area contributed by atoms with E-state index in [9.17, 15) is 13.2 Å². The molecule has 2 aromatic carbocycles. The third-order valence-corrected chi connectivity index (χ3v) is 2.38. The molecule has 0 spiro atoms. The van der Waals surface area contributed by atoms with E-state index in [4.69, 9.17) is 10.00 Å². The highest BCUT2D eigenvalue weighted by molar-refractivity contribution is 5.38. The number of nitriles is 1. The maximum absolute atomic E-state index is 12.5. The number of rotatable bonds is 2. The summed E-state index contributed by atoms with van der Waals surface area (Å²) in [6.45, 7) is 0. The molecule has 2 rings (SSSR count). The predicted octanol–water partition coefficient (Wildman–Crippen LogP) is 4.37. The van der Waals surface area contributed by atoms with E-state index in [0.717, 1.165) is 12.1 Å². The van der Waals surface area contributed by atoms with Crippen LogP contribution in [0, 0.1) is 11.3 Å². The molecule has 0 amide bonds. The highest BCUT2D eigenvalue weighted by Gasteiger charge is 2.30. The molecule has 0 aliphatic carbocycles. The second-order valence-electron chi connectivity index (χ2n) is 3.76. The zero-order valence-electron chi connectivity index (χ0n) is 9.61. The van der Waals surface area contributed by atoms with E-state index in [-0.39, 0.29) is 5.75 Å².